The summed E-state index contributed by atoms with van der Waals surface area (Å²) in [7, 11) is 0. The molecule has 1 aliphatic rings. The first-order valence-corrected chi connectivity index (χ1v) is 18.0. The normalized spacial score (nSPS) is 11.5. The van der Waals surface area contributed by atoms with E-state index in [1.807, 2.05) is 78.9 Å². The molecule has 0 spiro atoms. The van der Waals surface area contributed by atoms with E-state index in [9.17, 15) is 0 Å². The Morgan fingerprint density at radius 1 is 0.333 bits per heavy atom. The SMILES string of the molecule is c1ccc(-c2nc(-c3ccccc3)nc(-c3ccc4c5c(cccc35)-c3cc(-c5ccc(N(c6ccccc6)c6ccccc6)cc5)ccc3O4)n2)cc1. The van der Waals surface area contributed by atoms with E-state index in [1.54, 1.807) is 0 Å². The van der Waals surface area contributed by atoms with Crippen molar-refractivity contribution < 1.29 is 4.74 Å². The lowest BCUT2D eigenvalue weighted by molar-refractivity contribution is 0.487. The third-order valence-electron chi connectivity index (χ3n) is 9.92. The number of anilines is 3. The van der Waals surface area contributed by atoms with Crippen molar-refractivity contribution in [1.29, 1.82) is 0 Å². The molecule has 10 rings (SSSR count). The highest BCUT2D eigenvalue weighted by Gasteiger charge is 2.24. The predicted molar refractivity (Wildman–Crippen MR) is 219 cm³/mol. The zero-order valence-corrected chi connectivity index (χ0v) is 29.2. The standard InChI is InChI=1S/C49H32N4O/c1-5-14-34(15-6-1)47-50-48(35-16-7-2-8-17-35)52-49(51-47)42-29-31-45-46-40(42)22-13-23-41(46)43-32-36(26-30-44(43)54-45)33-24-27-39(28-25-33)53(37-18-9-3-10-19-37)38-20-11-4-12-21-38/h1-32H. The van der Waals surface area contributed by atoms with Crippen LogP contribution in [0.1, 0.15) is 0 Å². The first-order chi connectivity index (χ1) is 26.8. The highest BCUT2D eigenvalue weighted by Crippen LogP contribution is 2.49. The number of ether oxygens (including phenoxy) is 1. The first-order valence-electron chi connectivity index (χ1n) is 18.0. The van der Waals surface area contributed by atoms with Gasteiger partial charge in [-0.3, -0.25) is 0 Å². The molecule has 9 aromatic rings. The fraction of sp³-hybridized carbons (Fsp3) is 0. The van der Waals surface area contributed by atoms with Crippen LogP contribution in [0.2, 0.25) is 0 Å². The van der Waals surface area contributed by atoms with E-state index in [1.165, 1.54) is 0 Å². The summed E-state index contributed by atoms with van der Waals surface area (Å²) >= 11 is 0. The maximum atomic E-state index is 6.61. The molecule has 0 radical (unpaired) electrons. The second-order valence-corrected chi connectivity index (χ2v) is 13.2. The zero-order chi connectivity index (χ0) is 35.8. The van der Waals surface area contributed by atoms with E-state index in [4.69, 9.17) is 19.7 Å². The largest absolute Gasteiger partial charge is 0.456 e. The Bertz CT molecular complexity index is 2680. The molecule has 2 heterocycles. The molecule has 0 atom stereocenters. The molecular weight excluding hydrogens is 661 g/mol. The highest BCUT2D eigenvalue weighted by molar-refractivity contribution is 6.09. The average Bonchev–Trinajstić information content (AvgIpc) is 3.25. The van der Waals surface area contributed by atoms with E-state index >= 15 is 0 Å². The molecule has 0 amide bonds. The van der Waals surface area contributed by atoms with Crippen molar-refractivity contribution >= 4 is 27.8 Å². The monoisotopic (exact) mass is 692 g/mol. The van der Waals surface area contributed by atoms with Crippen LogP contribution in [0.25, 0.3) is 67.2 Å². The van der Waals surface area contributed by atoms with E-state index < -0.39 is 0 Å². The number of aromatic nitrogens is 3. The van der Waals surface area contributed by atoms with Crippen LogP contribution in [0, 0.1) is 0 Å². The van der Waals surface area contributed by atoms with Crippen molar-refractivity contribution in [1.82, 2.24) is 15.0 Å². The minimum Gasteiger partial charge on any atom is -0.456 e. The first kappa shape index (κ1) is 31.4. The van der Waals surface area contributed by atoms with E-state index in [0.29, 0.717) is 17.5 Å². The van der Waals surface area contributed by atoms with Gasteiger partial charge in [-0.2, -0.15) is 0 Å². The van der Waals surface area contributed by atoms with Crippen LogP contribution in [0.4, 0.5) is 17.1 Å². The maximum absolute atomic E-state index is 6.61. The zero-order valence-electron chi connectivity index (χ0n) is 29.2. The van der Waals surface area contributed by atoms with Gasteiger partial charge in [0.1, 0.15) is 11.5 Å². The Kier molecular flexibility index (Phi) is 7.73. The van der Waals surface area contributed by atoms with Crippen molar-refractivity contribution in [2.75, 3.05) is 4.90 Å². The van der Waals surface area contributed by atoms with Crippen molar-refractivity contribution in [3.05, 3.63) is 194 Å². The number of hydrogen-bond acceptors (Lipinski definition) is 5. The third kappa shape index (κ3) is 5.65. The Morgan fingerprint density at radius 3 is 1.46 bits per heavy atom. The molecule has 254 valence electrons. The fourth-order valence-corrected chi connectivity index (χ4v) is 7.34. The molecule has 5 heteroatoms. The quantitative estimate of drug-likeness (QED) is 0.166. The smallest absolute Gasteiger partial charge is 0.164 e. The maximum Gasteiger partial charge on any atom is 0.164 e. The van der Waals surface area contributed by atoms with Gasteiger partial charge in [0.15, 0.2) is 17.5 Å². The Balaban J connectivity index is 1.05. The van der Waals surface area contributed by atoms with Gasteiger partial charge >= 0.3 is 0 Å². The van der Waals surface area contributed by atoms with Crippen LogP contribution in [0.3, 0.4) is 0 Å². The summed E-state index contributed by atoms with van der Waals surface area (Å²) in [5.41, 5.74) is 10.5. The Hall–Kier alpha value is -7.37. The molecule has 0 saturated carbocycles. The third-order valence-corrected chi connectivity index (χ3v) is 9.92. The van der Waals surface area contributed by atoms with Gasteiger partial charge in [0, 0.05) is 44.7 Å². The number of para-hydroxylation sites is 2. The summed E-state index contributed by atoms with van der Waals surface area (Å²) in [6, 6.07) is 66.9. The number of rotatable bonds is 7. The summed E-state index contributed by atoms with van der Waals surface area (Å²) in [5.74, 6) is 3.53. The van der Waals surface area contributed by atoms with Crippen LogP contribution in [-0.2, 0) is 0 Å². The summed E-state index contributed by atoms with van der Waals surface area (Å²) < 4.78 is 6.61. The molecule has 1 aliphatic heterocycles. The summed E-state index contributed by atoms with van der Waals surface area (Å²) in [6.07, 6.45) is 0. The second kappa shape index (κ2) is 13.3. The van der Waals surface area contributed by atoms with Crippen LogP contribution in [0.15, 0.2) is 194 Å². The highest BCUT2D eigenvalue weighted by atomic mass is 16.5. The van der Waals surface area contributed by atoms with Crippen molar-refractivity contribution in [3.63, 3.8) is 0 Å². The molecule has 0 saturated heterocycles. The van der Waals surface area contributed by atoms with Crippen LogP contribution < -0.4 is 9.64 Å². The molecule has 0 bridgehead atoms. The average molecular weight is 693 g/mol. The summed E-state index contributed by atoms with van der Waals surface area (Å²) in [5, 5.41) is 2.07. The van der Waals surface area contributed by atoms with Gasteiger partial charge in [-0.05, 0) is 82.7 Å². The number of nitrogens with zero attached hydrogens (tertiary/aromatic N) is 4. The van der Waals surface area contributed by atoms with E-state index in [2.05, 4.69) is 120 Å². The van der Waals surface area contributed by atoms with Gasteiger partial charge < -0.3 is 9.64 Å². The number of hydrogen-bond donors (Lipinski definition) is 0. The molecular formula is C49H32N4O. The minimum absolute atomic E-state index is 0.617. The molecule has 54 heavy (non-hydrogen) atoms. The summed E-state index contributed by atoms with van der Waals surface area (Å²) in [6.45, 7) is 0. The van der Waals surface area contributed by atoms with Crippen LogP contribution >= 0.6 is 0 Å². The Labute approximate surface area is 313 Å². The molecule has 8 aromatic carbocycles. The number of benzene rings is 8. The lowest BCUT2D eigenvalue weighted by Crippen LogP contribution is -2.09. The van der Waals surface area contributed by atoms with Gasteiger partial charge in [0.2, 0.25) is 0 Å². The minimum atomic E-state index is 0.617. The predicted octanol–water partition coefficient (Wildman–Crippen LogP) is 12.9. The number of fused-ring (bicyclic) bond motifs is 2. The molecule has 5 nitrogen and oxygen atoms in total. The van der Waals surface area contributed by atoms with Gasteiger partial charge in [0.05, 0.1) is 0 Å². The van der Waals surface area contributed by atoms with Gasteiger partial charge in [-0.25, -0.2) is 15.0 Å². The molecule has 0 unspecified atom stereocenters. The van der Waals surface area contributed by atoms with E-state index in [0.717, 1.165) is 78.3 Å². The van der Waals surface area contributed by atoms with Gasteiger partial charge in [-0.15, -0.1) is 0 Å². The molecule has 0 fully saturated rings. The molecule has 0 N–H and O–H groups in total. The summed E-state index contributed by atoms with van der Waals surface area (Å²) in [4.78, 5) is 17.3. The van der Waals surface area contributed by atoms with Crippen LogP contribution in [0.5, 0.6) is 11.5 Å². The molecule has 0 aliphatic carbocycles. The lowest BCUT2D eigenvalue weighted by Gasteiger charge is -2.25. The van der Waals surface area contributed by atoms with Gasteiger partial charge in [0.25, 0.3) is 0 Å². The second-order valence-electron chi connectivity index (χ2n) is 13.2. The van der Waals surface area contributed by atoms with Crippen molar-refractivity contribution in [2.45, 2.75) is 0 Å². The van der Waals surface area contributed by atoms with E-state index in [-0.39, 0.29) is 0 Å². The molecule has 1 aromatic heterocycles. The lowest BCUT2D eigenvalue weighted by atomic mass is 9.90. The Morgan fingerprint density at radius 2 is 0.852 bits per heavy atom. The van der Waals surface area contributed by atoms with Crippen molar-refractivity contribution in [2.24, 2.45) is 0 Å². The topological polar surface area (TPSA) is 51.1 Å². The fourth-order valence-electron chi connectivity index (χ4n) is 7.34. The van der Waals surface area contributed by atoms with Gasteiger partial charge in [-0.1, -0.05) is 133 Å². The van der Waals surface area contributed by atoms with Crippen LogP contribution in [-0.4, -0.2) is 15.0 Å². The van der Waals surface area contributed by atoms with Crippen molar-refractivity contribution in [3.8, 4) is 67.9 Å².